The number of aryl methyl sites for hydroxylation is 1. The molecule has 0 spiro atoms. The molecule has 0 aliphatic carbocycles. The number of aliphatic hydroxyl groups is 1. The van der Waals surface area contributed by atoms with Gasteiger partial charge in [-0.25, -0.2) is 0 Å². The molecule has 1 unspecified atom stereocenters. The Labute approximate surface area is 150 Å². The molecule has 0 fully saturated rings. The van der Waals surface area contributed by atoms with Crippen molar-refractivity contribution in [3.05, 3.63) is 70.8 Å². The Morgan fingerprint density at radius 3 is 2.72 bits per heavy atom. The molecule has 1 atom stereocenters. The molecular weight excluding hydrogens is 309 g/mol. The van der Waals surface area contributed by atoms with E-state index in [0.717, 1.165) is 55.5 Å². The van der Waals surface area contributed by atoms with Gasteiger partial charge in [-0.15, -0.1) is 0 Å². The van der Waals surface area contributed by atoms with E-state index < -0.39 is 6.10 Å². The van der Waals surface area contributed by atoms with Crippen LogP contribution in [0.1, 0.15) is 52.9 Å². The van der Waals surface area contributed by atoms with Crippen molar-refractivity contribution in [1.82, 2.24) is 4.90 Å². The molecule has 0 saturated heterocycles. The zero-order valence-electron chi connectivity index (χ0n) is 14.9. The Morgan fingerprint density at radius 1 is 1.16 bits per heavy atom. The van der Waals surface area contributed by atoms with Gasteiger partial charge in [-0.2, -0.15) is 0 Å². The molecule has 25 heavy (non-hydrogen) atoms. The maximum Gasteiger partial charge on any atom is 0.159 e. The third kappa shape index (κ3) is 4.77. The minimum Gasteiger partial charge on any atom is -0.387 e. The predicted molar refractivity (Wildman–Crippen MR) is 101 cm³/mol. The van der Waals surface area contributed by atoms with Crippen molar-refractivity contribution in [2.45, 2.75) is 38.7 Å². The van der Waals surface area contributed by atoms with Crippen molar-refractivity contribution in [1.29, 1.82) is 0 Å². The van der Waals surface area contributed by atoms with Crippen LogP contribution in [0.2, 0.25) is 0 Å². The average Bonchev–Trinajstić information content (AvgIpc) is 2.78. The fourth-order valence-electron chi connectivity index (χ4n) is 3.59. The number of aliphatic hydroxyl groups excluding tert-OH is 1. The Morgan fingerprint density at radius 2 is 1.96 bits per heavy atom. The first-order valence-electron chi connectivity index (χ1n) is 9.21. The lowest BCUT2D eigenvalue weighted by Crippen LogP contribution is -2.29. The van der Waals surface area contributed by atoms with Gasteiger partial charge in [-0.05, 0) is 61.9 Å². The van der Waals surface area contributed by atoms with Crippen molar-refractivity contribution in [3.8, 4) is 0 Å². The smallest absolute Gasteiger partial charge is 0.159 e. The number of nitrogens with zero attached hydrogens (tertiary/aromatic N) is 1. The van der Waals surface area contributed by atoms with E-state index in [2.05, 4.69) is 35.2 Å². The van der Waals surface area contributed by atoms with Gasteiger partial charge in [0.2, 0.25) is 0 Å². The van der Waals surface area contributed by atoms with E-state index >= 15 is 0 Å². The number of ketones is 1. The third-order valence-electron chi connectivity index (χ3n) is 5.07. The number of fused-ring (bicyclic) bond motifs is 1. The number of rotatable bonds is 6. The monoisotopic (exact) mass is 336 g/mol. The fraction of sp³-hybridized carbons (Fsp3) is 0.409. The average molecular weight is 336 g/mol. The van der Waals surface area contributed by atoms with Crippen molar-refractivity contribution in [2.75, 3.05) is 19.6 Å². The summed E-state index contributed by atoms with van der Waals surface area (Å²) >= 11 is 0. The highest BCUT2D eigenvalue weighted by atomic mass is 16.3. The second-order valence-electron chi connectivity index (χ2n) is 6.98. The van der Waals surface area contributed by atoms with Gasteiger partial charge in [0.25, 0.3) is 0 Å². The van der Waals surface area contributed by atoms with Crippen LogP contribution in [0, 0.1) is 0 Å². The van der Waals surface area contributed by atoms with Gasteiger partial charge >= 0.3 is 0 Å². The maximum absolute atomic E-state index is 11.6. The first-order chi connectivity index (χ1) is 12.1. The highest BCUT2D eigenvalue weighted by molar-refractivity contribution is 5.94. The number of carbonyl (C=O) groups is 1. The molecule has 1 heterocycles. The van der Waals surface area contributed by atoms with Gasteiger partial charge in [0, 0.05) is 18.7 Å². The van der Waals surface area contributed by atoms with Crippen LogP contribution in [-0.4, -0.2) is 35.4 Å². The first-order valence-corrected chi connectivity index (χ1v) is 9.21. The van der Waals surface area contributed by atoms with E-state index in [4.69, 9.17) is 0 Å². The zero-order valence-corrected chi connectivity index (χ0v) is 14.9. The molecule has 1 aliphatic rings. The minimum absolute atomic E-state index is 0.0827. The summed E-state index contributed by atoms with van der Waals surface area (Å²) in [4.78, 5) is 13.9. The largest absolute Gasteiger partial charge is 0.387 e. The van der Waals surface area contributed by atoms with Crippen molar-refractivity contribution in [2.24, 2.45) is 0 Å². The van der Waals surface area contributed by atoms with E-state index in [1.807, 2.05) is 18.2 Å². The molecule has 0 bridgehead atoms. The molecule has 3 nitrogen and oxygen atoms in total. The summed E-state index contributed by atoms with van der Waals surface area (Å²) in [6, 6.07) is 16.3. The van der Waals surface area contributed by atoms with Gasteiger partial charge in [0.1, 0.15) is 0 Å². The summed E-state index contributed by atoms with van der Waals surface area (Å²) in [6.07, 6.45) is 3.84. The van der Waals surface area contributed by atoms with Gasteiger partial charge in [0.15, 0.2) is 5.78 Å². The molecule has 0 amide bonds. The topological polar surface area (TPSA) is 40.5 Å². The summed E-state index contributed by atoms with van der Waals surface area (Å²) in [7, 11) is 0. The molecule has 0 radical (unpaired) electrons. The van der Waals surface area contributed by atoms with E-state index in [1.165, 1.54) is 5.56 Å². The summed E-state index contributed by atoms with van der Waals surface area (Å²) in [6.45, 7) is 4.22. The lowest BCUT2D eigenvalue weighted by atomic mass is 9.93. The predicted octanol–water partition coefficient (Wildman–Crippen LogP) is 3.80. The molecule has 2 aromatic rings. The van der Waals surface area contributed by atoms with Crippen LogP contribution in [0.5, 0.6) is 0 Å². The Hall–Kier alpha value is -1.97. The molecule has 0 aromatic heterocycles. The van der Waals surface area contributed by atoms with Gasteiger partial charge in [-0.1, -0.05) is 42.5 Å². The molecular formula is C22H27NO2. The lowest BCUT2D eigenvalue weighted by Gasteiger charge is -2.22. The highest BCUT2D eigenvalue weighted by Crippen LogP contribution is 2.25. The molecule has 2 aromatic carbocycles. The van der Waals surface area contributed by atoms with Crippen LogP contribution in [0.15, 0.2) is 48.5 Å². The molecule has 3 heteroatoms. The Bertz CT molecular complexity index is 711. The highest BCUT2D eigenvalue weighted by Gasteiger charge is 2.21. The number of Topliss-reactive ketones (excluding diaryl/α,β-unsaturated/α-hetero) is 1. The van der Waals surface area contributed by atoms with Crippen LogP contribution in [0.4, 0.5) is 0 Å². The van der Waals surface area contributed by atoms with Crippen molar-refractivity contribution < 1.29 is 9.90 Å². The fourth-order valence-corrected chi connectivity index (χ4v) is 3.59. The quantitative estimate of drug-likeness (QED) is 0.644. The molecule has 1 aliphatic heterocycles. The van der Waals surface area contributed by atoms with Crippen LogP contribution < -0.4 is 0 Å². The van der Waals surface area contributed by atoms with E-state index in [-0.39, 0.29) is 5.78 Å². The summed E-state index contributed by atoms with van der Waals surface area (Å²) in [5.74, 6) is 0.0827. The van der Waals surface area contributed by atoms with E-state index in [1.54, 1.807) is 6.92 Å². The molecule has 3 rings (SSSR count). The standard InChI is InChI=1S/C22H27NO2/c1-17(24)19-10-11-21-20(15-19)12-14-23(16-22(21)25)13-6-5-9-18-7-3-2-4-8-18/h2-4,7-8,10-11,15,22,25H,5-6,9,12-14,16H2,1H3/i1-1. The lowest BCUT2D eigenvalue weighted by molar-refractivity contribution is 0.101. The number of benzene rings is 2. The van der Waals surface area contributed by atoms with Crippen molar-refractivity contribution in [3.63, 3.8) is 0 Å². The normalized spacial score (nSPS) is 17.8. The number of hydrogen-bond donors (Lipinski definition) is 1. The summed E-state index contributed by atoms with van der Waals surface area (Å²) < 4.78 is 0. The number of β-amino-alcohol motifs (C(OH)–C–C–N with tert-alkyl or cyclic N) is 1. The first kappa shape index (κ1) is 17.8. The van der Waals surface area contributed by atoms with Crippen molar-refractivity contribution >= 4 is 5.78 Å². The van der Waals surface area contributed by atoms with Crippen LogP contribution >= 0.6 is 0 Å². The number of carbonyl (C=O) groups excluding carboxylic acids is 1. The van der Waals surface area contributed by atoms with Gasteiger partial charge in [-0.3, -0.25) is 4.79 Å². The Kier molecular flexibility index (Phi) is 6.00. The Balaban J connectivity index is 1.53. The van der Waals surface area contributed by atoms with Crippen LogP contribution in [-0.2, 0) is 12.8 Å². The van der Waals surface area contributed by atoms with E-state index in [0.29, 0.717) is 6.54 Å². The summed E-state index contributed by atoms with van der Waals surface area (Å²) in [5.41, 5.74) is 4.23. The second kappa shape index (κ2) is 8.41. The molecule has 132 valence electrons. The minimum atomic E-state index is -0.465. The van der Waals surface area contributed by atoms with Crippen LogP contribution in [0.25, 0.3) is 0 Å². The van der Waals surface area contributed by atoms with Gasteiger partial charge in [0.05, 0.1) is 6.10 Å². The van der Waals surface area contributed by atoms with Crippen LogP contribution in [0.3, 0.4) is 0 Å². The maximum atomic E-state index is 11.6. The molecule has 0 saturated carbocycles. The summed E-state index contributed by atoms with van der Waals surface area (Å²) in [5, 5.41) is 10.5. The SMILES string of the molecule is [11CH3]C(=O)c1ccc2c(c1)CCN(CCCCc1ccccc1)CC2O. The third-order valence-corrected chi connectivity index (χ3v) is 5.07. The number of unbranched alkanes of at least 4 members (excludes halogenated alkanes) is 1. The molecule has 1 N–H and O–H groups in total. The van der Waals surface area contributed by atoms with E-state index in [9.17, 15) is 9.90 Å². The van der Waals surface area contributed by atoms with Gasteiger partial charge < -0.3 is 10.0 Å². The number of hydrogen-bond acceptors (Lipinski definition) is 3. The zero-order chi connectivity index (χ0) is 17.6. The second-order valence-corrected chi connectivity index (χ2v) is 6.98.